The Morgan fingerprint density at radius 3 is 2.92 bits per heavy atom. The van der Waals surface area contributed by atoms with E-state index in [0.717, 1.165) is 37.2 Å². The van der Waals surface area contributed by atoms with E-state index in [-0.39, 0.29) is 0 Å². The van der Waals surface area contributed by atoms with Crippen LogP contribution in [0.3, 0.4) is 0 Å². The first-order valence-electron chi connectivity index (χ1n) is 9.35. The number of aromatic amines is 1. The zero-order chi connectivity index (χ0) is 17.1. The van der Waals surface area contributed by atoms with Crippen LogP contribution in [0.5, 0.6) is 0 Å². The molecule has 1 atom stereocenters. The third-order valence-corrected chi connectivity index (χ3v) is 5.33. The second-order valence-corrected chi connectivity index (χ2v) is 7.30. The standard InChI is InChI=1S/C18H27N7/c1-25(12-13-6-8-19-11-13)18-20-9-7-16(22-18)21-17-10-15(23-24-17)14-4-2-3-5-14/h7,9-10,13-14,19H,2-6,8,11-12H2,1H3,(H2,20,21,22,23,24). The number of rotatable bonds is 6. The molecular weight excluding hydrogens is 314 g/mol. The highest BCUT2D eigenvalue weighted by Gasteiger charge is 2.20. The van der Waals surface area contributed by atoms with Gasteiger partial charge in [0.15, 0.2) is 5.82 Å². The summed E-state index contributed by atoms with van der Waals surface area (Å²) in [4.78, 5) is 11.2. The molecule has 2 aromatic rings. The molecule has 1 aliphatic carbocycles. The Morgan fingerprint density at radius 2 is 2.12 bits per heavy atom. The first-order chi connectivity index (χ1) is 12.3. The molecule has 0 bridgehead atoms. The lowest BCUT2D eigenvalue weighted by molar-refractivity contribution is 0.573. The molecule has 1 unspecified atom stereocenters. The lowest BCUT2D eigenvalue weighted by Crippen LogP contribution is -2.28. The van der Waals surface area contributed by atoms with E-state index in [4.69, 9.17) is 0 Å². The fourth-order valence-corrected chi connectivity index (χ4v) is 3.92. The van der Waals surface area contributed by atoms with Gasteiger partial charge in [-0.3, -0.25) is 5.10 Å². The molecule has 4 rings (SSSR count). The number of H-pyrrole nitrogens is 1. The van der Waals surface area contributed by atoms with E-state index >= 15 is 0 Å². The van der Waals surface area contributed by atoms with Crippen molar-refractivity contribution in [1.29, 1.82) is 0 Å². The Labute approximate surface area is 148 Å². The van der Waals surface area contributed by atoms with Gasteiger partial charge in [0.2, 0.25) is 5.95 Å². The van der Waals surface area contributed by atoms with Crippen molar-refractivity contribution in [2.45, 2.75) is 38.0 Å². The lowest BCUT2D eigenvalue weighted by atomic mass is 10.0. The van der Waals surface area contributed by atoms with Crippen LogP contribution in [0.2, 0.25) is 0 Å². The van der Waals surface area contributed by atoms with Crippen molar-refractivity contribution in [3.63, 3.8) is 0 Å². The fraction of sp³-hybridized carbons (Fsp3) is 0.611. The maximum atomic E-state index is 4.65. The van der Waals surface area contributed by atoms with Gasteiger partial charge in [0, 0.05) is 37.5 Å². The van der Waals surface area contributed by atoms with Gasteiger partial charge < -0.3 is 15.5 Å². The molecule has 3 heterocycles. The second kappa shape index (κ2) is 7.39. The van der Waals surface area contributed by atoms with Gasteiger partial charge in [-0.15, -0.1) is 0 Å². The maximum Gasteiger partial charge on any atom is 0.227 e. The molecule has 2 fully saturated rings. The van der Waals surface area contributed by atoms with Crippen LogP contribution >= 0.6 is 0 Å². The molecule has 7 nitrogen and oxygen atoms in total. The van der Waals surface area contributed by atoms with Crippen LogP contribution in [0.15, 0.2) is 18.3 Å². The normalized spacial score (nSPS) is 20.9. The Kier molecular flexibility index (Phi) is 4.83. The molecule has 25 heavy (non-hydrogen) atoms. The third-order valence-electron chi connectivity index (χ3n) is 5.33. The molecule has 1 aliphatic heterocycles. The van der Waals surface area contributed by atoms with Gasteiger partial charge in [0.25, 0.3) is 0 Å². The lowest BCUT2D eigenvalue weighted by Gasteiger charge is -2.20. The van der Waals surface area contributed by atoms with Crippen molar-refractivity contribution >= 4 is 17.6 Å². The molecule has 134 valence electrons. The quantitative estimate of drug-likeness (QED) is 0.749. The smallest absolute Gasteiger partial charge is 0.227 e. The summed E-state index contributed by atoms with van der Waals surface area (Å²) in [5.74, 6) is 3.67. The first-order valence-corrected chi connectivity index (χ1v) is 9.35. The fourth-order valence-electron chi connectivity index (χ4n) is 3.92. The average molecular weight is 341 g/mol. The van der Waals surface area contributed by atoms with E-state index < -0.39 is 0 Å². The highest BCUT2D eigenvalue weighted by atomic mass is 15.3. The molecule has 0 spiro atoms. The Bertz CT molecular complexity index is 686. The maximum absolute atomic E-state index is 4.65. The molecule has 3 N–H and O–H groups in total. The molecule has 0 radical (unpaired) electrons. The highest BCUT2D eigenvalue weighted by molar-refractivity contribution is 5.53. The zero-order valence-electron chi connectivity index (χ0n) is 14.8. The minimum atomic E-state index is 0.634. The van der Waals surface area contributed by atoms with Gasteiger partial charge in [-0.2, -0.15) is 10.1 Å². The molecule has 0 amide bonds. The molecule has 0 aromatic carbocycles. The topological polar surface area (TPSA) is 81.8 Å². The summed E-state index contributed by atoms with van der Waals surface area (Å²) in [5.41, 5.74) is 1.24. The molecule has 2 aromatic heterocycles. The number of nitrogens with zero attached hydrogens (tertiary/aromatic N) is 4. The van der Waals surface area contributed by atoms with Crippen LogP contribution in [-0.4, -0.2) is 46.8 Å². The van der Waals surface area contributed by atoms with Gasteiger partial charge in [0.1, 0.15) is 5.82 Å². The summed E-state index contributed by atoms with van der Waals surface area (Å²) < 4.78 is 0. The molecular formula is C18H27N7. The van der Waals surface area contributed by atoms with Crippen LogP contribution in [-0.2, 0) is 0 Å². The van der Waals surface area contributed by atoms with E-state index in [0.29, 0.717) is 11.8 Å². The SMILES string of the molecule is CN(CC1CCNC1)c1nccc(Nc2cc(C3CCCC3)[nH]n2)n1. The van der Waals surface area contributed by atoms with Crippen LogP contribution in [0, 0.1) is 5.92 Å². The van der Waals surface area contributed by atoms with E-state index in [1.807, 2.05) is 6.07 Å². The number of hydrogen-bond acceptors (Lipinski definition) is 6. The summed E-state index contributed by atoms with van der Waals surface area (Å²) in [7, 11) is 2.06. The van der Waals surface area contributed by atoms with Gasteiger partial charge in [0.05, 0.1) is 0 Å². The van der Waals surface area contributed by atoms with Gasteiger partial charge in [-0.1, -0.05) is 12.8 Å². The molecule has 1 saturated heterocycles. The van der Waals surface area contributed by atoms with Crippen molar-refractivity contribution in [1.82, 2.24) is 25.5 Å². The number of hydrogen-bond donors (Lipinski definition) is 3. The predicted octanol–water partition coefficient (Wildman–Crippen LogP) is 2.65. The van der Waals surface area contributed by atoms with Crippen molar-refractivity contribution in [3.8, 4) is 0 Å². The Balaban J connectivity index is 1.40. The summed E-state index contributed by atoms with van der Waals surface area (Å²) in [6, 6.07) is 4.00. The highest BCUT2D eigenvalue weighted by Crippen LogP contribution is 2.33. The van der Waals surface area contributed by atoms with Crippen molar-refractivity contribution in [2.75, 3.05) is 36.9 Å². The summed E-state index contributed by atoms with van der Waals surface area (Å²) in [6.07, 6.45) is 8.20. The first kappa shape index (κ1) is 16.3. The summed E-state index contributed by atoms with van der Waals surface area (Å²) in [6.45, 7) is 3.17. The summed E-state index contributed by atoms with van der Waals surface area (Å²) in [5, 5.41) is 14.3. The van der Waals surface area contributed by atoms with Crippen molar-refractivity contribution in [3.05, 3.63) is 24.0 Å². The minimum absolute atomic E-state index is 0.634. The molecule has 2 aliphatic rings. The monoisotopic (exact) mass is 341 g/mol. The van der Waals surface area contributed by atoms with E-state index in [1.165, 1.54) is 37.8 Å². The van der Waals surface area contributed by atoms with E-state index in [1.54, 1.807) is 6.20 Å². The zero-order valence-corrected chi connectivity index (χ0v) is 14.8. The van der Waals surface area contributed by atoms with Crippen molar-refractivity contribution in [2.24, 2.45) is 5.92 Å². The number of anilines is 3. The molecule has 1 saturated carbocycles. The second-order valence-electron chi connectivity index (χ2n) is 7.30. The van der Waals surface area contributed by atoms with Crippen LogP contribution < -0.4 is 15.5 Å². The van der Waals surface area contributed by atoms with Gasteiger partial charge in [-0.05, 0) is 44.3 Å². The largest absolute Gasteiger partial charge is 0.343 e. The predicted molar refractivity (Wildman–Crippen MR) is 99.4 cm³/mol. The van der Waals surface area contributed by atoms with E-state index in [9.17, 15) is 0 Å². The number of nitrogens with one attached hydrogen (secondary N) is 3. The Hall–Kier alpha value is -2.15. The van der Waals surface area contributed by atoms with Crippen LogP contribution in [0.1, 0.15) is 43.7 Å². The Morgan fingerprint density at radius 1 is 1.24 bits per heavy atom. The molecule has 7 heteroatoms. The van der Waals surface area contributed by atoms with Crippen LogP contribution in [0.4, 0.5) is 17.6 Å². The van der Waals surface area contributed by atoms with Gasteiger partial charge in [-0.25, -0.2) is 4.98 Å². The van der Waals surface area contributed by atoms with E-state index in [2.05, 4.69) is 48.8 Å². The average Bonchev–Trinajstić information content (AvgIpc) is 3.37. The van der Waals surface area contributed by atoms with Gasteiger partial charge >= 0.3 is 0 Å². The minimum Gasteiger partial charge on any atom is -0.343 e. The van der Waals surface area contributed by atoms with Crippen molar-refractivity contribution < 1.29 is 0 Å². The number of aromatic nitrogens is 4. The van der Waals surface area contributed by atoms with Crippen LogP contribution in [0.25, 0.3) is 0 Å². The third kappa shape index (κ3) is 3.92. The summed E-state index contributed by atoms with van der Waals surface area (Å²) >= 11 is 0.